The summed E-state index contributed by atoms with van der Waals surface area (Å²) in [5, 5.41) is 6.14. The molecular weight excluding hydrogens is 282 g/mol. The zero-order valence-electron chi connectivity index (χ0n) is 12.5. The molecule has 0 bridgehead atoms. The number of carbonyl (C=O) groups excluding carboxylic acids is 2. The van der Waals surface area contributed by atoms with Gasteiger partial charge in [-0.2, -0.15) is 0 Å². The van der Waals surface area contributed by atoms with Crippen LogP contribution in [-0.2, 0) is 9.59 Å². The highest BCUT2D eigenvalue weighted by Crippen LogP contribution is 2.25. The van der Waals surface area contributed by atoms with E-state index >= 15 is 0 Å². The second-order valence-corrected chi connectivity index (χ2v) is 5.69. The summed E-state index contributed by atoms with van der Waals surface area (Å²) in [6, 6.07) is 7.54. The molecule has 1 atom stereocenters. The van der Waals surface area contributed by atoms with E-state index in [0.717, 1.165) is 38.2 Å². The lowest BCUT2D eigenvalue weighted by molar-refractivity contribution is -0.123. The predicted molar refractivity (Wildman–Crippen MR) is 82.9 cm³/mol. The summed E-state index contributed by atoms with van der Waals surface area (Å²) in [5.41, 5.74) is 0.834. The predicted octanol–water partition coefficient (Wildman–Crippen LogP) is 0.670. The molecule has 6 heteroatoms. The van der Waals surface area contributed by atoms with Crippen LogP contribution in [0.15, 0.2) is 24.3 Å². The molecule has 2 aliphatic heterocycles. The number of ether oxygens (including phenoxy) is 1. The van der Waals surface area contributed by atoms with Crippen LogP contribution in [0.5, 0.6) is 5.75 Å². The molecule has 6 nitrogen and oxygen atoms in total. The van der Waals surface area contributed by atoms with Gasteiger partial charge in [-0.25, -0.2) is 0 Å². The van der Waals surface area contributed by atoms with Crippen LogP contribution < -0.4 is 20.3 Å². The summed E-state index contributed by atoms with van der Waals surface area (Å²) in [6.45, 7) is 2.50. The number of amides is 2. The number of hydrogen-bond donors (Lipinski definition) is 2. The van der Waals surface area contributed by atoms with Gasteiger partial charge in [-0.05, 0) is 31.5 Å². The molecule has 2 fully saturated rings. The average molecular weight is 303 g/mol. The van der Waals surface area contributed by atoms with E-state index in [1.54, 1.807) is 11.0 Å². The van der Waals surface area contributed by atoms with E-state index in [9.17, 15) is 9.59 Å². The third-order valence-corrected chi connectivity index (χ3v) is 4.00. The van der Waals surface area contributed by atoms with Crippen molar-refractivity contribution in [2.24, 2.45) is 0 Å². The van der Waals surface area contributed by atoms with Crippen LogP contribution in [0.25, 0.3) is 0 Å². The van der Waals surface area contributed by atoms with Crippen molar-refractivity contribution in [3.8, 4) is 5.75 Å². The van der Waals surface area contributed by atoms with Crippen LogP contribution in [0.3, 0.4) is 0 Å². The van der Waals surface area contributed by atoms with Gasteiger partial charge in [-0.1, -0.05) is 6.07 Å². The summed E-state index contributed by atoms with van der Waals surface area (Å²) in [6.07, 6.45) is 2.45. The molecule has 2 heterocycles. The fraction of sp³-hybridized carbons (Fsp3) is 0.500. The van der Waals surface area contributed by atoms with Crippen LogP contribution >= 0.6 is 0 Å². The molecular formula is C16H21N3O3. The Morgan fingerprint density at radius 1 is 1.45 bits per heavy atom. The second kappa shape index (κ2) is 6.79. The minimum atomic E-state index is -0.114. The average Bonchev–Trinajstić information content (AvgIpc) is 3.17. The van der Waals surface area contributed by atoms with Crippen LogP contribution in [0.1, 0.15) is 19.3 Å². The van der Waals surface area contributed by atoms with E-state index in [2.05, 4.69) is 10.6 Å². The van der Waals surface area contributed by atoms with Crippen molar-refractivity contribution < 1.29 is 14.3 Å². The maximum Gasteiger partial charge on any atom is 0.258 e. The van der Waals surface area contributed by atoms with Gasteiger partial charge in [0.1, 0.15) is 5.75 Å². The van der Waals surface area contributed by atoms with E-state index in [0.29, 0.717) is 12.2 Å². The van der Waals surface area contributed by atoms with Crippen molar-refractivity contribution in [1.29, 1.82) is 0 Å². The van der Waals surface area contributed by atoms with Crippen LogP contribution in [0, 0.1) is 0 Å². The smallest absolute Gasteiger partial charge is 0.258 e. The zero-order chi connectivity index (χ0) is 15.4. The normalized spacial score (nSPS) is 21.2. The van der Waals surface area contributed by atoms with E-state index < -0.39 is 0 Å². The molecule has 1 aromatic rings. The monoisotopic (exact) mass is 303 g/mol. The van der Waals surface area contributed by atoms with Crippen molar-refractivity contribution >= 4 is 17.5 Å². The Bertz CT molecular complexity index is 555. The largest absolute Gasteiger partial charge is 0.484 e. The number of nitrogens with one attached hydrogen (secondary N) is 2. The lowest BCUT2D eigenvalue weighted by atomic mass is 10.2. The molecule has 0 aliphatic carbocycles. The van der Waals surface area contributed by atoms with Gasteiger partial charge < -0.3 is 20.3 Å². The van der Waals surface area contributed by atoms with Gasteiger partial charge in [0.2, 0.25) is 5.91 Å². The first-order valence-corrected chi connectivity index (χ1v) is 7.76. The summed E-state index contributed by atoms with van der Waals surface area (Å²) in [5.74, 6) is 0.636. The molecule has 0 saturated carbocycles. The summed E-state index contributed by atoms with van der Waals surface area (Å²) < 4.78 is 5.54. The Hall–Kier alpha value is -2.08. The molecule has 1 aromatic carbocycles. The number of carbonyl (C=O) groups is 2. The number of rotatable bonds is 5. The third kappa shape index (κ3) is 3.57. The maximum absolute atomic E-state index is 11.8. The van der Waals surface area contributed by atoms with E-state index in [1.807, 2.05) is 18.2 Å². The number of nitrogens with zero attached hydrogens (tertiary/aromatic N) is 1. The number of benzene rings is 1. The van der Waals surface area contributed by atoms with Gasteiger partial charge in [0.25, 0.3) is 5.91 Å². The summed E-state index contributed by atoms with van der Waals surface area (Å²) >= 11 is 0. The molecule has 3 rings (SSSR count). The molecule has 2 amide bonds. The Morgan fingerprint density at radius 2 is 2.36 bits per heavy atom. The Kier molecular flexibility index (Phi) is 4.58. The zero-order valence-corrected chi connectivity index (χ0v) is 12.5. The van der Waals surface area contributed by atoms with Gasteiger partial charge in [0.05, 0.1) is 0 Å². The van der Waals surface area contributed by atoms with Crippen molar-refractivity contribution in [1.82, 2.24) is 10.6 Å². The molecule has 1 unspecified atom stereocenters. The highest BCUT2D eigenvalue weighted by molar-refractivity contribution is 5.95. The minimum absolute atomic E-state index is 0.00605. The van der Waals surface area contributed by atoms with Crippen molar-refractivity contribution in [2.75, 3.05) is 31.1 Å². The first-order valence-electron chi connectivity index (χ1n) is 7.76. The van der Waals surface area contributed by atoms with Gasteiger partial charge >= 0.3 is 0 Å². The minimum Gasteiger partial charge on any atom is -0.484 e. The standard InChI is InChI=1S/C16H21N3O3/c20-15(18-12-6-7-17-10-12)11-22-14-4-1-3-13(9-14)19-8-2-5-16(19)21/h1,3-4,9,12,17H,2,5-8,10-11H2,(H,18,20). The highest BCUT2D eigenvalue weighted by atomic mass is 16.5. The SMILES string of the molecule is O=C(COc1cccc(N2CCCC2=O)c1)NC1CCNC1. The summed E-state index contributed by atoms with van der Waals surface area (Å²) in [7, 11) is 0. The van der Waals surface area contributed by atoms with Crippen molar-refractivity contribution in [2.45, 2.75) is 25.3 Å². The molecule has 22 heavy (non-hydrogen) atoms. The van der Waals surface area contributed by atoms with Crippen molar-refractivity contribution in [3.63, 3.8) is 0 Å². The fourth-order valence-electron chi connectivity index (χ4n) is 2.86. The number of anilines is 1. The highest BCUT2D eigenvalue weighted by Gasteiger charge is 2.22. The molecule has 0 spiro atoms. The van der Waals surface area contributed by atoms with Gasteiger partial charge in [-0.15, -0.1) is 0 Å². The van der Waals surface area contributed by atoms with Crippen molar-refractivity contribution in [3.05, 3.63) is 24.3 Å². The second-order valence-electron chi connectivity index (χ2n) is 5.69. The first-order chi connectivity index (χ1) is 10.7. The number of hydrogen-bond acceptors (Lipinski definition) is 4. The van der Waals surface area contributed by atoms with Crippen LogP contribution in [-0.4, -0.2) is 44.1 Å². The van der Waals surface area contributed by atoms with E-state index in [4.69, 9.17) is 4.74 Å². The van der Waals surface area contributed by atoms with Gasteiger partial charge in [-0.3, -0.25) is 9.59 Å². The lowest BCUT2D eigenvalue weighted by Crippen LogP contribution is -2.39. The Labute approximate surface area is 129 Å². The lowest BCUT2D eigenvalue weighted by Gasteiger charge is -2.17. The molecule has 2 aliphatic rings. The first kappa shape index (κ1) is 14.8. The van der Waals surface area contributed by atoms with E-state index in [1.165, 1.54) is 0 Å². The van der Waals surface area contributed by atoms with Gasteiger partial charge in [0.15, 0.2) is 6.61 Å². The molecule has 118 valence electrons. The van der Waals surface area contributed by atoms with Crippen LogP contribution in [0.4, 0.5) is 5.69 Å². The quantitative estimate of drug-likeness (QED) is 0.839. The third-order valence-electron chi connectivity index (χ3n) is 4.00. The topological polar surface area (TPSA) is 70.7 Å². The van der Waals surface area contributed by atoms with Crippen LogP contribution in [0.2, 0.25) is 0 Å². The maximum atomic E-state index is 11.8. The van der Waals surface area contributed by atoms with Gasteiger partial charge in [0, 0.05) is 37.3 Å². The molecule has 0 radical (unpaired) electrons. The Balaban J connectivity index is 1.54. The molecule has 2 N–H and O–H groups in total. The summed E-state index contributed by atoms with van der Waals surface area (Å²) in [4.78, 5) is 25.4. The Morgan fingerprint density at radius 3 is 3.09 bits per heavy atom. The molecule has 0 aromatic heterocycles. The van der Waals surface area contributed by atoms with E-state index in [-0.39, 0.29) is 24.5 Å². The fourth-order valence-corrected chi connectivity index (χ4v) is 2.86. The molecule has 2 saturated heterocycles.